The molecule has 1 aliphatic rings. The maximum absolute atomic E-state index is 13.9. The molecule has 0 atom stereocenters. The second kappa shape index (κ2) is 9.53. The highest BCUT2D eigenvalue weighted by Crippen LogP contribution is 2.15. The Labute approximate surface area is 181 Å². The second-order valence-corrected chi connectivity index (χ2v) is 7.57. The number of nitrogens with zero attached hydrogens (tertiary/aromatic N) is 2. The molecule has 0 aliphatic carbocycles. The van der Waals surface area contributed by atoms with Crippen molar-refractivity contribution in [1.29, 1.82) is 0 Å². The minimum atomic E-state index is -0.480. The number of carbonyl (C=O) groups excluding carboxylic acids is 2. The van der Waals surface area contributed by atoms with Crippen molar-refractivity contribution in [3.63, 3.8) is 0 Å². The number of benzene rings is 3. The van der Waals surface area contributed by atoms with Gasteiger partial charge in [-0.25, -0.2) is 4.39 Å². The second-order valence-electron chi connectivity index (χ2n) is 7.57. The van der Waals surface area contributed by atoms with Crippen LogP contribution in [0.25, 0.3) is 0 Å². The molecule has 1 aliphatic heterocycles. The van der Waals surface area contributed by atoms with Crippen LogP contribution in [0, 0.1) is 5.82 Å². The van der Waals surface area contributed by atoms with Crippen LogP contribution in [0.3, 0.4) is 0 Å². The van der Waals surface area contributed by atoms with E-state index in [1.54, 1.807) is 17.0 Å². The van der Waals surface area contributed by atoms with Gasteiger partial charge in [0.15, 0.2) is 0 Å². The lowest BCUT2D eigenvalue weighted by atomic mass is 10.1. The van der Waals surface area contributed by atoms with Crippen LogP contribution in [0.5, 0.6) is 0 Å². The lowest BCUT2D eigenvalue weighted by Gasteiger charge is -2.34. The van der Waals surface area contributed by atoms with E-state index in [1.165, 1.54) is 12.1 Å². The standard InChI is InChI=1S/C25H24FN3O2/c26-23-9-5-4-8-22(23)25(31)29-16-14-28(15-17-29)18-19-10-12-20(13-11-19)24(30)27-21-6-2-1-3-7-21/h1-13H,14-18H2,(H,27,30). The topological polar surface area (TPSA) is 52.7 Å². The Hall–Kier alpha value is -3.51. The Morgan fingerprint density at radius 3 is 2.13 bits per heavy atom. The number of amides is 2. The van der Waals surface area contributed by atoms with E-state index in [0.29, 0.717) is 18.7 Å². The van der Waals surface area contributed by atoms with Gasteiger partial charge in [0.25, 0.3) is 11.8 Å². The van der Waals surface area contributed by atoms with Gasteiger partial charge in [0.2, 0.25) is 0 Å². The monoisotopic (exact) mass is 417 g/mol. The Kier molecular flexibility index (Phi) is 6.38. The van der Waals surface area contributed by atoms with Gasteiger partial charge in [0, 0.05) is 44.0 Å². The molecule has 2 amide bonds. The number of hydrogen-bond acceptors (Lipinski definition) is 3. The number of halogens is 1. The molecule has 1 heterocycles. The minimum Gasteiger partial charge on any atom is -0.336 e. The van der Waals surface area contributed by atoms with E-state index < -0.39 is 5.82 Å². The smallest absolute Gasteiger partial charge is 0.256 e. The number of nitrogens with one attached hydrogen (secondary N) is 1. The quantitative estimate of drug-likeness (QED) is 0.682. The maximum atomic E-state index is 13.9. The molecule has 1 N–H and O–H groups in total. The number of anilines is 1. The summed E-state index contributed by atoms with van der Waals surface area (Å²) in [5.74, 6) is -0.879. The van der Waals surface area contributed by atoms with Gasteiger partial charge in [-0.05, 0) is 42.0 Å². The van der Waals surface area contributed by atoms with Crippen LogP contribution in [-0.2, 0) is 6.54 Å². The molecule has 0 bridgehead atoms. The Balaban J connectivity index is 1.29. The van der Waals surface area contributed by atoms with Gasteiger partial charge in [-0.2, -0.15) is 0 Å². The molecule has 3 aromatic carbocycles. The Morgan fingerprint density at radius 1 is 0.806 bits per heavy atom. The highest BCUT2D eigenvalue weighted by molar-refractivity contribution is 6.04. The first-order valence-corrected chi connectivity index (χ1v) is 10.3. The third kappa shape index (κ3) is 5.16. The SMILES string of the molecule is O=C(Nc1ccccc1)c1ccc(CN2CCN(C(=O)c3ccccc3F)CC2)cc1. The molecule has 0 spiro atoms. The summed E-state index contributed by atoms with van der Waals surface area (Å²) in [6.07, 6.45) is 0. The average Bonchev–Trinajstić information content (AvgIpc) is 2.80. The Morgan fingerprint density at radius 2 is 1.45 bits per heavy atom. The molecule has 158 valence electrons. The summed E-state index contributed by atoms with van der Waals surface area (Å²) >= 11 is 0. The van der Waals surface area contributed by atoms with E-state index >= 15 is 0 Å². The summed E-state index contributed by atoms with van der Waals surface area (Å²) in [6, 6.07) is 23.0. The summed E-state index contributed by atoms with van der Waals surface area (Å²) in [6.45, 7) is 3.30. The third-order valence-electron chi connectivity index (χ3n) is 5.42. The summed E-state index contributed by atoms with van der Waals surface area (Å²) in [4.78, 5) is 28.9. The van der Waals surface area contributed by atoms with Gasteiger partial charge < -0.3 is 10.2 Å². The fraction of sp³-hybridized carbons (Fsp3) is 0.200. The van der Waals surface area contributed by atoms with Gasteiger partial charge in [0.1, 0.15) is 5.82 Å². The molecule has 0 radical (unpaired) electrons. The van der Waals surface area contributed by atoms with E-state index in [0.717, 1.165) is 30.9 Å². The first-order chi connectivity index (χ1) is 15.1. The normalized spacial score (nSPS) is 14.3. The molecule has 3 aromatic rings. The van der Waals surface area contributed by atoms with E-state index in [1.807, 2.05) is 54.6 Å². The predicted octanol–water partition coefficient (Wildman–Crippen LogP) is 4.04. The van der Waals surface area contributed by atoms with Crippen LogP contribution in [0.1, 0.15) is 26.3 Å². The van der Waals surface area contributed by atoms with Gasteiger partial charge in [-0.3, -0.25) is 14.5 Å². The predicted molar refractivity (Wildman–Crippen MR) is 118 cm³/mol. The van der Waals surface area contributed by atoms with E-state index in [9.17, 15) is 14.0 Å². The zero-order valence-corrected chi connectivity index (χ0v) is 17.1. The van der Waals surface area contributed by atoms with Gasteiger partial charge in [-0.1, -0.05) is 42.5 Å². The van der Waals surface area contributed by atoms with Gasteiger partial charge >= 0.3 is 0 Å². The van der Waals surface area contributed by atoms with Crippen molar-refractivity contribution >= 4 is 17.5 Å². The number of carbonyl (C=O) groups is 2. The average molecular weight is 417 g/mol. The lowest BCUT2D eigenvalue weighted by Crippen LogP contribution is -2.48. The van der Waals surface area contributed by atoms with Crippen LogP contribution < -0.4 is 5.32 Å². The van der Waals surface area contributed by atoms with E-state index in [2.05, 4.69) is 10.2 Å². The fourth-order valence-corrected chi connectivity index (χ4v) is 3.66. The van der Waals surface area contributed by atoms with E-state index in [-0.39, 0.29) is 17.4 Å². The molecule has 1 fully saturated rings. The zero-order chi connectivity index (χ0) is 21.6. The van der Waals surface area contributed by atoms with Crippen molar-refractivity contribution in [3.05, 3.63) is 101 Å². The first kappa shape index (κ1) is 20.8. The van der Waals surface area contributed by atoms with Crippen molar-refractivity contribution < 1.29 is 14.0 Å². The summed E-state index contributed by atoms with van der Waals surface area (Å²) in [5, 5.41) is 2.88. The minimum absolute atomic E-state index is 0.125. The fourth-order valence-electron chi connectivity index (χ4n) is 3.66. The molecule has 0 saturated carbocycles. The molecule has 1 saturated heterocycles. The summed E-state index contributed by atoms with van der Waals surface area (Å²) in [5.41, 5.74) is 2.60. The summed E-state index contributed by atoms with van der Waals surface area (Å²) < 4.78 is 13.9. The molecule has 31 heavy (non-hydrogen) atoms. The maximum Gasteiger partial charge on any atom is 0.256 e. The third-order valence-corrected chi connectivity index (χ3v) is 5.42. The number of rotatable bonds is 5. The van der Waals surface area contributed by atoms with Crippen molar-refractivity contribution in [2.24, 2.45) is 0 Å². The van der Waals surface area contributed by atoms with Crippen LogP contribution in [0.4, 0.5) is 10.1 Å². The summed E-state index contributed by atoms with van der Waals surface area (Å²) in [7, 11) is 0. The molecule has 4 rings (SSSR count). The molecule has 0 unspecified atom stereocenters. The molecular weight excluding hydrogens is 393 g/mol. The van der Waals surface area contributed by atoms with Crippen LogP contribution >= 0.6 is 0 Å². The van der Waals surface area contributed by atoms with Gasteiger partial charge in [-0.15, -0.1) is 0 Å². The van der Waals surface area contributed by atoms with Crippen LogP contribution in [0.2, 0.25) is 0 Å². The number of para-hydroxylation sites is 1. The van der Waals surface area contributed by atoms with Crippen molar-refractivity contribution in [2.45, 2.75) is 6.54 Å². The molecular formula is C25H24FN3O2. The van der Waals surface area contributed by atoms with Crippen LogP contribution in [0.15, 0.2) is 78.9 Å². The van der Waals surface area contributed by atoms with Crippen molar-refractivity contribution in [1.82, 2.24) is 9.80 Å². The zero-order valence-electron chi connectivity index (χ0n) is 17.1. The highest BCUT2D eigenvalue weighted by atomic mass is 19.1. The van der Waals surface area contributed by atoms with Crippen molar-refractivity contribution in [3.8, 4) is 0 Å². The highest BCUT2D eigenvalue weighted by Gasteiger charge is 2.23. The van der Waals surface area contributed by atoms with E-state index in [4.69, 9.17) is 0 Å². The number of piperazine rings is 1. The first-order valence-electron chi connectivity index (χ1n) is 10.3. The van der Waals surface area contributed by atoms with Crippen molar-refractivity contribution in [2.75, 3.05) is 31.5 Å². The molecule has 5 nitrogen and oxygen atoms in total. The number of hydrogen-bond donors (Lipinski definition) is 1. The molecule has 6 heteroatoms. The Bertz CT molecular complexity index is 1050. The van der Waals surface area contributed by atoms with Gasteiger partial charge in [0.05, 0.1) is 5.56 Å². The lowest BCUT2D eigenvalue weighted by molar-refractivity contribution is 0.0624. The molecule has 0 aromatic heterocycles. The van der Waals surface area contributed by atoms with Crippen LogP contribution in [-0.4, -0.2) is 47.8 Å². The largest absolute Gasteiger partial charge is 0.336 e.